The van der Waals surface area contributed by atoms with Gasteiger partial charge in [0.15, 0.2) is 0 Å². The van der Waals surface area contributed by atoms with Crippen molar-refractivity contribution in [1.82, 2.24) is 9.46 Å². The second kappa shape index (κ2) is 5.92. The van der Waals surface area contributed by atoms with E-state index in [0.29, 0.717) is 30.2 Å². The molecular formula is C15H17BrN2O4S. The Balaban J connectivity index is 1.99. The highest BCUT2D eigenvalue weighted by Gasteiger charge is 2.30. The van der Waals surface area contributed by atoms with Crippen molar-refractivity contribution in [2.45, 2.75) is 31.7 Å². The van der Waals surface area contributed by atoms with Crippen molar-refractivity contribution in [3.63, 3.8) is 0 Å². The number of hydrogen-bond donors (Lipinski definition) is 0. The van der Waals surface area contributed by atoms with Crippen LogP contribution in [0.25, 0.3) is 0 Å². The van der Waals surface area contributed by atoms with E-state index in [-0.39, 0.29) is 11.4 Å². The first-order valence-corrected chi connectivity index (χ1v) is 9.37. The largest absolute Gasteiger partial charge is 0.492 e. The van der Waals surface area contributed by atoms with Gasteiger partial charge in [-0.25, -0.2) is 8.42 Å². The molecule has 1 aromatic heterocycles. The number of aryl methyl sites for hydroxylation is 2. The lowest BCUT2D eigenvalue weighted by atomic mass is 10.2. The summed E-state index contributed by atoms with van der Waals surface area (Å²) in [7, 11) is -2.14. The first-order valence-electron chi connectivity index (χ1n) is 7.14. The first-order chi connectivity index (χ1) is 10.8. The number of aromatic nitrogens is 1. The maximum absolute atomic E-state index is 13.0. The second-order valence-corrected chi connectivity index (χ2v) is 8.48. The van der Waals surface area contributed by atoms with E-state index in [1.807, 2.05) is 6.07 Å². The van der Waals surface area contributed by atoms with Crippen molar-refractivity contribution in [2.75, 3.05) is 13.7 Å². The predicted molar refractivity (Wildman–Crippen MR) is 88.0 cm³/mol. The van der Waals surface area contributed by atoms with Gasteiger partial charge in [-0.05, 0) is 26.0 Å². The lowest BCUT2D eigenvalue weighted by Crippen LogP contribution is -2.27. The minimum absolute atomic E-state index is 0.189. The van der Waals surface area contributed by atoms with Crippen LogP contribution >= 0.6 is 15.9 Å². The van der Waals surface area contributed by atoms with Gasteiger partial charge in [-0.3, -0.25) is 0 Å². The first kappa shape index (κ1) is 16.5. The zero-order chi connectivity index (χ0) is 16.8. The smallest absolute Gasteiger partial charge is 0.246 e. The van der Waals surface area contributed by atoms with Crippen LogP contribution in [-0.4, -0.2) is 31.5 Å². The predicted octanol–water partition coefficient (Wildman–Crippen LogP) is 2.81. The third-order valence-corrected chi connectivity index (χ3v) is 6.23. The Morgan fingerprint density at radius 2 is 2.09 bits per heavy atom. The average molecular weight is 401 g/mol. The number of nitrogens with zero attached hydrogens (tertiary/aromatic N) is 2. The minimum Gasteiger partial charge on any atom is -0.492 e. The SMILES string of the molecule is Cc1noc(C)c1CN(C)S(=O)(=O)c1cc(Br)cc2c1OCC2. The second-order valence-electron chi connectivity index (χ2n) is 5.55. The Bertz CT molecular complexity index is 841. The molecule has 1 aliphatic heterocycles. The zero-order valence-electron chi connectivity index (χ0n) is 13.1. The summed E-state index contributed by atoms with van der Waals surface area (Å²) in [6.07, 6.45) is 0.713. The van der Waals surface area contributed by atoms with E-state index in [4.69, 9.17) is 9.26 Å². The number of halogens is 1. The molecule has 0 radical (unpaired) electrons. The summed E-state index contributed by atoms with van der Waals surface area (Å²) in [6, 6.07) is 3.49. The Morgan fingerprint density at radius 1 is 1.35 bits per heavy atom. The monoisotopic (exact) mass is 400 g/mol. The van der Waals surface area contributed by atoms with E-state index in [1.165, 1.54) is 4.31 Å². The maximum Gasteiger partial charge on any atom is 0.246 e. The molecule has 0 atom stereocenters. The van der Waals surface area contributed by atoms with Gasteiger partial charge in [0.2, 0.25) is 10.0 Å². The van der Waals surface area contributed by atoms with Crippen molar-refractivity contribution in [3.05, 3.63) is 39.2 Å². The molecule has 3 rings (SSSR count). The molecule has 0 bridgehead atoms. The van der Waals surface area contributed by atoms with Crippen LogP contribution in [0.15, 0.2) is 26.0 Å². The van der Waals surface area contributed by atoms with Crippen molar-refractivity contribution < 1.29 is 17.7 Å². The maximum atomic E-state index is 13.0. The summed E-state index contributed by atoms with van der Waals surface area (Å²) in [5, 5.41) is 3.87. The number of fused-ring (bicyclic) bond motifs is 1. The van der Waals surface area contributed by atoms with Crippen molar-refractivity contribution in [1.29, 1.82) is 0 Å². The van der Waals surface area contributed by atoms with Crippen molar-refractivity contribution >= 4 is 26.0 Å². The Morgan fingerprint density at radius 3 is 2.74 bits per heavy atom. The van der Waals surface area contributed by atoms with Gasteiger partial charge in [0.25, 0.3) is 0 Å². The normalized spacial score (nSPS) is 14.1. The highest BCUT2D eigenvalue weighted by molar-refractivity contribution is 9.10. The van der Waals surface area contributed by atoms with Crippen LogP contribution < -0.4 is 4.74 Å². The van der Waals surface area contributed by atoms with Crippen LogP contribution in [0.3, 0.4) is 0 Å². The van der Waals surface area contributed by atoms with Crippen LogP contribution in [0.4, 0.5) is 0 Å². The van der Waals surface area contributed by atoms with Gasteiger partial charge in [0.1, 0.15) is 16.4 Å². The fourth-order valence-electron chi connectivity index (χ4n) is 2.63. The van der Waals surface area contributed by atoms with Crippen LogP contribution in [0, 0.1) is 13.8 Å². The fraction of sp³-hybridized carbons (Fsp3) is 0.400. The van der Waals surface area contributed by atoms with E-state index >= 15 is 0 Å². The molecule has 0 saturated heterocycles. The molecule has 23 heavy (non-hydrogen) atoms. The molecule has 0 fully saturated rings. The molecular weight excluding hydrogens is 384 g/mol. The Kier molecular flexibility index (Phi) is 4.24. The third-order valence-electron chi connectivity index (χ3n) is 3.96. The van der Waals surface area contributed by atoms with Crippen LogP contribution in [-0.2, 0) is 23.0 Å². The summed E-state index contributed by atoms with van der Waals surface area (Å²) in [5.41, 5.74) is 2.38. The number of rotatable bonds is 4. The van der Waals surface area contributed by atoms with Crippen LogP contribution in [0.5, 0.6) is 5.75 Å². The topological polar surface area (TPSA) is 72.6 Å². The summed E-state index contributed by atoms with van der Waals surface area (Å²) < 4.78 is 38.6. The van der Waals surface area contributed by atoms with Gasteiger partial charge >= 0.3 is 0 Å². The quantitative estimate of drug-likeness (QED) is 0.788. The van der Waals surface area contributed by atoms with Crippen LogP contribution in [0.1, 0.15) is 22.6 Å². The van der Waals surface area contributed by atoms with E-state index in [2.05, 4.69) is 21.1 Å². The van der Waals surface area contributed by atoms with Gasteiger partial charge < -0.3 is 9.26 Å². The van der Waals surface area contributed by atoms with Gasteiger partial charge in [-0.1, -0.05) is 21.1 Å². The fourth-order valence-corrected chi connectivity index (χ4v) is 4.62. The van der Waals surface area contributed by atoms with E-state index in [1.54, 1.807) is 27.0 Å². The number of ether oxygens (including phenoxy) is 1. The molecule has 0 saturated carbocycles. The van der Waals surface area contributed by atoms with Gasteiger partial charge in [0, 0.05) is 35.6 Å². The summed E-state index contributed by atoms with van der Waals surface area (Å²) in [6.45, 7) is 4.27. The number of benzene rings is 1. The molecule has 0 amide bonds. The Labute approximate surface area is 143 Å². The number of sulfonamides is 1. The van der Waals surface area contributed by atoms with E-state index in [0.717, 1.165) is 15.6 Å². The third kappa shape index (κ3) is 2.90. The molecule has 0 N–H and O–H groups in total. The lowest BCUT2D eigenvalue weighted by molar-refractivity contribution is 0.346. The molecule has 8 heteroatoms. The molecule has 2 heterocycles. The zero-order valence-corrected chi connectivity index (χ0v) is 15.5. The van der Waals surface area contributed by atoms with Crippen molar-refractivity contribution in [2.24, 2.45) is 0 Å². The molecule has 6 nitrogen and oxygen atoms in total. The lowest BCUT2D eigenvalue weighted by Gasteiger charge is -2.19. The van der Waals surface area contributed by atoms with Gasteiger partial charge in [0.05, 0.1) is 12.3 Å². The highest BCUT2D eigenvalue weighted by atomic mass is 79.9. The van der Waals surface area contributed by atoms with E-state index in [9.17, 15) is 8.42 Å². The van der Waals surface area contributed by atoms with Crippen LogP contribution in [0.2, 0.25) is 0 Å². The molecule has 0 spiro atoms. The number of hydrogen-bond acceptors (Lipinski definition) is 5. The average Bonchev–Trinajstić information content (AvgIpc) is 3.07. The summed E-state index contributed by atoms with van der Waals surface area (Å²) in [4.78, 5) is 0.189. The molecule has 1 aliphatic rings. The molecule has 0 unspecified atom stereocenters. The van der Waals surface area contributed by atoms with Gasteiger partial charge in [-0.15, -0.1) is 0 Å². The van der Waals surface area contributed by atoms with E-state index < -0.39 is 10.0 Å². The van der Waals surface area contributed by atoms with Gasteiger partial charge in [-0.2, -0.15) is 4.31 Å². The minimum atomic E-state index is -3.69. The Hall–Kier alpha value is -1.38. The summed E-state index contributed by atoms with van der Waals surface area (Å²) in [5.74, 6) is 1.08. The summed E-state index contributed by atoms with van der Waals surface area (Å²) >= 11 is 3.38. The highest BCUT2D eigenvalue weighted by Crippen LogP contribution is 2.37. The standard InChI is InChI=1S/C15H17BrN2O4S/c1-9-13(10(2)22-17-9)8-18(3)23(19,20)14-7-12(16)6-11-4-5-21-15(11)14/h6-7H,4-5,8H2,1-3H3. The molecule has 2 aromatic rings. The molecule has 1 aromatic carbocycles. The molecule has 124 valence electrons. The van der Waals surface area contributed by atoms with Crippen molar-refractivity contribution in [3.8, 4) is 5.75 Å². The molecule has 0 aliphatic carbocycles.